The van der Waals surface area contributed by atoms with Crippen LogP contribution in [0.4, 0.5) is 0 Å². The molecule has 0 amide bonds. The second kappa shape index (κ2) is 9.32. The highest BCUT2D eigenvalue weighted by molar-refractivity contribution is 6.17. The highest BCUT2D eigenvalue weighted by Crippen LogP contribution is 2.31. The van der Waals surface area contributed by atoms with Crippen molar-refractivity contribution >= 4 is 11.5 Å². The molecule has 29 heavy (non-hydrogen) atoms. The van der Waals surface area contributed by atoms with Crippen LogP contribution in [0.25, 0.3) is 5.57 Å². The van der Waals surface area contributed by atoms with Gasteiger partial charge in [0.25, 0.3) is 0 Å². The number of ether oxygens (including phenoxy) is 4. The lowest BCUT2D eigenvalue weighted by atomic mass is 10.1. The average molecular weight is 393 g/mol. The van der Waals surface area contributed by atoms with Crippen LogP contribution in [-0.2, 0) is 14.3 Å². The van der Waals surface area contributed by atoms with Gasteiger partial charge < -0.3 is 18.9 Å². The van der Waals surface area contributed by atoms with Crippen LogP contribution in [-0.4, -0.2) is 35.1 Å². The minimum absolute atomic E-state index is 0.208. The lowest BCUT2D eigenvalue weighted by Crippen LogP contribution is -2.06. The predicted octanol–water partition coefficient (Wildman–Crippen LogP) is 3.92. The largest absolute Gasteiger partial charge is 0.503 e. The van der Waals surface area contributed by atoms with Crippen LogP contribution in [0.2, 0.25) is 0 Å². The molecule has 0 bridgehead atoms. The van der Waals surface area contributed by atoms with Crippen LogP contribution < -0.4 is 9.47 Å². The number of aromatic nitrogens is 3. The summed E-state index contributed by atoms with van der Waals surface area (Å²) >= 11 is 0. The molecule has 0 saturated heterocycles. The first-order valence-electron chi connectivity index (χ1n) is 8.63. The summed E-state index contributed by atoms with van der Waals surface area (Å²) in [5.74, 6) is 0.744. The maximum Gasteiger partial charge on any atom is 0.341 e. The van der Waals surface area contributed by atoms with Crippen LogP contribution in [0.15, 0.2) is 61.1 Å². The number of hydrogen-bond donors (Lipinski definition) is 0. The zero-order valence-corrected chi connectivity index (χ0v) is 16.2. The number of carbonyl (C=O) groups excluding carboxylic acids is 1. The Hall–Kier alpha value is -3.94. The van der Waals surface area contributed by atoms with Crippen molar-refractivity contribution in [2.75, 3.05) is 14.2 Å². The molecule has 0 radical (unpaired) electrons. The number of pyridine rings is 1. The van der Waals surface area contributed by atoms with Gasteiger partial charge in [-0.2, -0.15) is 0 Å². The van der Waals surface area contributed by atoms with Crippen molar-refractivity contribution in [3.05, 3.63) is 72.4 Å². The van der Waals surface area contributed by atoms with E-state index in [4.69, 9.17) is 18.9 Å². The fraction of sp³-hybridized carbons (Fsp3) is 0.143. The molecule has 0 aliphatic heterocycles. The van der Waals surface area contributed by atoms with E-state index in [0.29, 0.717) is 17.2 Å². The Morgan fingerprint density at radius 2 is 1.69 bits per heavy atom. The summed E-state index contributed by atoms with van der Waals surface area (Å²) in [7, 11) is 2.74. The van der Waals surface area contributed by atoms with Crippen molar-refractivity contribution in [3.63, 3.8) is 0 Å². The summed E-state index contributed by atoms with van der Waals surface area (Å²) in [6, 6.07) is 13.9. The summed E-state index contributed by atoms with van der Waals surface area (Å²) in [5, 5.41) is 0. The summed E-state index contributed by atoms with van der Waals surface area (Å²) in [4.78, 5) is 24.6. The molecule has 0 aliphatic carbocycles. The number of esters is 1. The molecule has 148 valence electrons. The standard InChI is InChI=1S/C21H19N3O5/c1-14-7-6-10-18(24-14)29-20-11-19(22-13-23-20)28-17-9-5-4-8-15(17)16(12-26-2)21(25)27-3/h4-13H,1-3H3. The quantitative estimate of drug-likeness (QED) is 0.339. The third kappa shape index (κ3) is 5.07. The van der Waals surface area contributed by atoms with Gasteiger partial charge in [0, 0.05) is 17.3 Å². The van der Waals surface area contributed by atoms with Gasteiger partial charge >= 0.3 is 5.97 Å². The first-order chi connectivity index (χ1) is 14.1. The van der Waals surface area contributed by atoms with E-state index in [-0.39, 0.29) is 17.3 Å². The first kappa shape index (κ1) is 19.8. The van der Waals surface area contributed by atoms with Gasteiger partial charge in [0.1, 0.15) is 17.6 Å². The van der Waals surface area contributed by atoms with Crippen molar-refractivity contribution in [1.82, 2.24) is 15.0 Å². The highest BCUT2D eigenvalue weighted by Gasteiger charge is 2.18. The van der Waals surface area contributed by atoms with Gasteiger partial charge in [-0.15, -0.1) is 0 Å². The summed E-state index contributed by atoms with van der Waals surface area (Å²) in [5.41, 5.74) is 1.52. The smallest absolute Gasteiger partial charge is 0.341 e. The molecule has 0 atom stereocenters. The molecule has 0 spiro atoms. The average Bonchev–Trinajstić information content (AvgIpc) is 2.72. The number of nitrogens with zero attached hydrogens (tertiary/aromatic N) is 3. The fourth-order valence-electron chi connectivity index (χ4n) is 2.46. The van der Waals surface area contributed by atoms with E-state index in [1.165, 1.54) is 32.9 Å². The molecule has 2 heterocycles. The monoisotopic (exact) mass is 393 g/mol. The summed E-state index contributed by atoms with van der Waals surface area (Å²) < 4.78 is 21.4. The number of hydrogen-bond acceptors (Lipinski definition) is 8. The van der Waals surface area contributed by atoms with E-state index in [1.54, 1.807) is 30.3 Å². The van der Waals surface area contributed by atoms with E-state index in [0.717, 1.165) is 5.69 Å². The van der Waals surface area contributed by atoms with Gasteiger partial charge in [-0.25, -0.2) is 19.7 Å². The zero-order valence-electron chi connectivity index (χ0n) is 16.2. The highest BCUT2D eigenvalue weighted by atomic mass is 16.5. The van der Waals surface area contributed by atoms with E-state index in [9.17, 15) is 4.79 Å². The molecule has 3 rings (SSSR count). The zero-order chi connectivity index (χ0) is 20.6. The van der Waals surface area contributed by atoms with Gasteiger partial charge in [-0.05, 0) is 19.1 Å². The minimum Gasteiger partial charge on any atom is -0.503 e. The summed E-state index contributed by atoms with van der Waals surface area (Å²) in [6.07, 6.45) is 2.61. The van der Waals surface area contributed by atoms with E-state index >= 15 is 0 Å². The molecule has 0 unspecified atom stereocenters. The van der Waals surface area contributed by atoms with Crippen molar-refractivity contribution in [2.24, 2.45) is 0 Å². The molecule has 0 fully saturated rings. The SMILES string of the molecule is COC=C(C(=O)OC)c1ccccc1Oc1cc(Oc2cccc(C)n2)ncn1. The number of benzene rings is 1. The van der Waals surface area contributed by atoms with Gasteiger partial charge in [0.05, 0.1) is 26.5 Å². The number of rotatable bonds is 7. The van der Waals surface area contributed by atoms with Crippen molar-refractivity contribution in [1.29, 1.82) is 0 Å². The van der Waals surface area contributed by atoms with Crippen molar-refractivity contribution in [3.8, 4) is 23.4 Å². The Morgan fingerprint density at radius 1 is 0.931 bits per heavy atom. The number of aryl methyl sites for hydroxylation is 1. The number of para-hydroxylation sites is 1. The molecule has 0 saturated carbocycles. The Balaban J connectivity index is 1.87. The third-order valence-corrected chi connectivity index (χ3v) is 3.72. The Morgan fingerprint density at radius 3 is 2.41 bits per heavy atom. The summed E-state index contributed by atoms with van der Waals surface area (Å²) in [6.45, 7) is 1.87. The third-order valence-electron chi connectivity index (χ3n) is 3.72. The normalized spacial score (nSPS) is 10.9. The van der Waals surface area contributed by atoms with Crippen molar-refractivity contribution in [2.45, 2.75) is 6.92 Å². The lowest BCUT2D eigenvalue weighted by Gasteiger charge is -2.12. The second-order valence-corrected chi connectivity index (χ2v) is 5.77. The van der Waals surface area contributed by atoms with Crippen molar-refractivity contribution < 1.29 is 23.7 Å². The van der Waals surface area contributed by atoms with Crippen LogP contribution in [0.1, 0.15) is 11.3 Å². The number of carbonyl (C=O) groups is 1. The van der Waals surface area contributed by atoms with E-state index in [1.807, 2.05) is 19.1 Å². The predicted molar refractivity (Wildman–Crippen MR) is 105 cm³/mol. The topological polar surface area (TPSA) is 92.7 Å². The maximum atomic E-state index is 12.1. The van der Waals surface area contributed by atoms with Gasteiger partial charge in [0.15, 0.2) is 0 Å². The molecule has 0 aliphatic rings. The minimum atomic E-state index is -0.555. The van der Waals surface area contributed by atoms with Crippen LogP contribution in [0, 0.1) is 6.92 Å². The maximum absolute atomic E-state index is 12.1. The molecule has 2 aromatic heterocycles. The van der Waals surface area contributed by atoms with Gasteiger partial charge in [0.2, 0.25) is 17.6 Å². The first-order valence-corrected chi connectivity index (χ1v) is 8.63. The van der Waals surface area contributed by atoms with Crippen LogP contribution >= 0.6 is 0 Å². The Bertz CT molecular complexity index is 1040. The van der Waals surface area contributed by atoms with E-state index in [2.05, 4.69) is 15.0 Å². The Labute approximate surface area is 167 Å². The molecule has 8 heteroatoms. The lowest BCUT2D eigenvalue weighted by molar-refractivity contribution is -0.133. The second-order valence-electron chi connectivity index (χ2n) is 5.77. The van der Waals surface area contributed by atoms with Crippen LogP contribution in [0.5, 0.6) is 23.4 Å². The molecule has 0 N–H and O–H groups in total. The van der Waals surface area contributed by atoms with E-state index < -0.39 is 5.97 Å². The molecule has 8 nitrogen and oxygen atoms in total. The Kier molecular flexibility index (Phi) is 6.36. The van der Waals surface area contributed by atoms with Gasteiger partial charge in [-0.1, -0.05) is 24.3 Å². The molecular weight excluding hydrogens is 374 g/mol. The molecular formula is C21H19N3O5. The molecule has 1 aromatic carbocycles. The fourth-order valence-corrected chi connectivity index (χ4v) is 2.46. The number of methoxy groups -OCH3 is 2. The molecule has 3 aromatic rings. The van der Waals surface area contributed by atoms with Crippen LogP contribution in [0.3, 0.4) is 0 Å². The van der Waals surface area contributed by atoms with Gasteiger partial charge in [-0.3, -0.25) is 0 Å².